The average molecular weight is 218 g/mol. The van der Waals surface area contributed by atoms with Crippen LogP contribution in [-0.2, 0) is 0 Å². The first-order valence-electron chi connectivity index (χ1n) is 5.61. The summed E-state index contributed by atoms with van der Waals surface area (Å²) in [5.41, 5.74) is 2.97. The monoisotopic (exact) mass is 218 g/mol. The predicted molar refractivity (Wildman–Crippen MR) is 70.0 cm³/mol. The second kappa shape index (κ2) is 3.97. The minimum atomic E-state index is 0.614. The molecule has 1 aromatic heterocycles. The van der Waals surface area contributed by atoms with Gasteiger partial charge in [0.1, 0.15) is 0 Å². The molecule has 0 N–H and O–H groups in total. The van der Waals surface area contributed by atoms with E-state index in [4.69, 9.17) is 0 Å². The molecule has 0 unspecified atom stereocenters. The summed E-state index contributed by atoms with van der Waals surface area (Å²) in [4.78, 5) is 0. The lowest BCUT2D eigenvalue weighted by Gasteiger charge is -2.12. The highest BCUT2D eigenvalue weighted by Gasteiger charge is 2.11. The second-order valence-corrected chi connectivity index (χ2v) is 5.63. The molecule has 0 atom stereocenters. The maximum Gasteiger partial charge on any atom is 0.0380 e. The van der Waals surface area contributed by atoms with E-state index in [0.717, 1.165) is 0 Å². The molecular formula is C14H18S. The molecule has 80 valence electrons. The quantitative estimate of drug-likeness (QED) is 0.654. The Morgan fingerprint density at radius 1 is 0.867 bits per heavy atom. The Kier molecular flexibility index (Phi) is 2.83. The highest BCUT2D eigenvalue weighted by atomic mass is 32.1. The van der Waals surface area contributed by atoms with Gasteiger partial charge < -0.3 is 0 Å². The lowest BCUT2D eigenvalue weighted by atomic mass is 9.94. The van der Waals surface area contributed by atoms with Crippen molar-refractivity contribution >= 4 is 21.4 Å². The molecule has 0 spiro atoms. The Morgan fingerprint density at radius 3 is 2.07 bits per heavy atom. The first kappa shape index (κ1) is 10.7. The maximum atomic E-state index is 2.30. The van der Waals surface area contributed by atoms with Crippen molar-refractivity contribution in [1.82, 2.24) is 0 Å². The van der Waals surface area contributed by atoms with Gasteiger partial charge in [-0.3, -0.25) is 0 Å². The van der Waals surface area contributed by atoms with E-state index in [0.29, 0.717) is 11.8 Å². The fraction of sp³-hybridized carbons (Fsp3) is 0.429. The van der Waals surface area contributed by atoms with E-state index < -0.39 is 0 Å². The standard InChI is InChI=1S/C14H18S/c1-9(2)11-5-6-12(10(3)4)14-13(11)7-8-15-14/h5-10H,1-4H3. The molecule has 1 heteroatoms. The van der Waals surface area contributed by atoms with Crippen molar-refractivity contribution in [3.05, 3.63) is 34.7 Å². The van der Waals surface area contributed by atoms with Crippen LogP contribution < -0.4 is 0 Å². The van der Waals surface area contributed by atoms with Crippen LogP contribution in [0.25, 0.3) is 10.1 Å². The van der Waals surface area contributed by atoms with Gasteiger partial charge in [0.15, 0.2) is 0 Å². The molecule has 1 heterocycles. The molecule has 0 radical (unpaired) electrons. The summed E-state index contributed by atoms with van der Waals surface area (Å²) in [6.07, 6.45) is 0. The average Bonchev–Trinajstić information content (AvgIpc) is 2.63. The van der Waals surface area contributed by atoms with E-state index >= 15 is 0 Å². The van der Waals surface area contributed by atoms with Gasteiger partial charge in [-0.2, -0.15) is 0 Å². The molecule has 0 fully saturated rings. The molecular weight excluding hydrogens is 200 g/mol. The third-order valence-electron chi connectivity index (χ3n) is 2.92. The third kappa shape index (κ3) is 1.81. The Balaban J connectivity index is 2.71. The van der Waals surface area contributed by atoms with Crippen LogP contribution in [0.5, 0.6) is 0 Å². The van der Waals surface area contributed by atoms with Crippen LogP contribution in [0.15, 0.2) is 23.6 Å². The van der Waals surface area contributed by atoms with Gasteiger partial charge >= 0.3 is 0 Å². The van der Waals surface area contributed by atoms with Crippen LogP contribution in [0, 0.1) is 0 Å². The SMILES string of the molecule is CC(C)c1ccc(C(C)C)c2sccc12. The summed E-state index contributed by atoms with van der Waals surface area (Å²) in [7, 11) is 0. The van der Waals surface area contributed by atoms with E-state index in [2.05, 4.69) is 51.3 Å². The summed E-state index contributed by atoms with van der Waals surface area (Å²) in [6.45, 7) is 9.07. The van der Waals surface area contributed by atoms with Crippen LogP contribution in [0.4, 0.5) is 0 Å². The van der Waals surface area contributed by atoms with Gasteiger partial charge in [0.2, 0.25) is 0 Å². The number of hydrogen-bond donors (Lipinski definition) is 0. The minimum Gasteiger partial charge on any atom is -0.144 e. The molecule has 2 aromatic rings. The zero-order valence-electron chi connectivity index (χ0n) is 9.87. The molecule has 2 rings (SSSR count). The van der Waals surface area contributed by atoms with Crippen LogP contribution in [-0.4, -0.2) is 0 Å². The van der Waals surface area contributed by atoms with Gasteiger partial charge in [0.25, 0.3) is 0 Å². The molecule has 0 aliphatic rings. The number of fused-ring (bicyclic) bond motifs is 1. The smallest absolute Gasteiger partial charge is 0.0380 e. The third-order valence-corrected chi connectivity index (χ3v) is 3.89. The van der Waals surface area contributed by atoms with Crippen LogP contribution >= 0.6 is 11.3 Å². The summed E-state index contributed by atoms with van der Waals surface area (Å²) in [5, 5.41) is 3.67. The van der Waals surface area contributed by atoms with Gasteiger partial charge in [-0.1, -0.05) is 39.8 Å². The van der Waals surface area contributed by atoms with Gasteiger partial charge in [0, 0.05) is 4.70 Å². The molecule has 15 heavy (non-hydrogen) atoms. The zero-order valence-corrected chi connectivity index (χ0v) is 10.7. The normalized spacial score (nSPS) is 11.9. The molecule has 0 amide bonds. The highest BCUT2D eigenvalue weighted by molar-refractivity contribution is 7.17. The van der Waals surface area contributed by atoms with Crippen LogP contribution in [0.2, 0.25) is 0 Å². The van der Waals surface area contributed by atoms with Crippen molar-refractivity contribution in [1.29, 1.82) is 0 Å². The summed E-state index contributed by atoms with van der Waals surface area (Å²) >= 11 is 1.87. The van der Waals surface area contributed by atoms with E-state index in [1.54, 1.807) is 0 Å². The Hall–Kier alpha value is -0.820. The Bertz CT molecular complexity index is 421. The molecule has 0 saturated carbocycles. The molecule has 0 nitrogen and oxygen atoms in total. The number of rotatable bonds is 2. The molecule has 0 bridgehead atoms. The maximum absolute atomic E-state index is 2.30. The van der Waals surface area contributed by atoms with Crippen molar-refractivity contribution in [3.8, 4) is 0 Å². The molecule has 0 aliphatic carbocycles. The molecule has 1 aromatic carbocycles. The van der Waals surface area contributed by atoms with E-state index in [9.17, 15) is 0 Å². The second-order valence-electron chi connectivity index (χ2n) is 4.72. The first-order chi connectivity index (χ1) is 7.11. The Morgan fingerprint density at radius 2 is 1.47 bits per heavy atom. The first-order valence-corrected chi connectivity index (χ1v) is 6.49. The zero-order chi connectivity index (χ0) is 11.0. The summed E-state index contributed by atoms with van der Waals surface area (Å²) in [6, 6.07) is 6.87. The summed E-state index contributed by atoms with van der Waals surface area (Å²) < 4.78 is 1.48. The predicted octanol–water partition coefficient (Wildman–Crippen LogP) is 5.15. The van der Waals surface area contributed by atoms with Crippen molar-refractivity contribution in [2.45, 2.75) is 39.5 Å². The molecule has 0 aliphatic heterocycles. The van der Waals surface area contributed by atoms with Gasteiger partial charge in [0.05, 0.1) is 0 Å². The summed E-state index contributed by atoms with van der Waals surface area (Å²) in [5.74, 6) is 1.23. The largest absolute Gasteiger partial charge is 0.144 e. The number of hydrogen-bond acceptors (Lipinski definition) is 1. The number of thiophene rings is 1. The highest BCUT2D eigenvalue weighted by Crippen LogP contribution is 2.34. The minimum absolute atomic E-state index is 0.614. The lowest BCUT2D eigenvalue weighted by Crippen LogP contribution is -1.92. The lowest BCUT2D eigenvalue weighted by molar-refractivity contribution is 0.861. The van der Waals surface area contributed by atoms with Crippen LogP contribution in [0.1, 0.15) is 50.7 Å². The Labute approximate surface area is 95.9 Å². The number of benzene rings is 1. The fourth-order valence-electron chi connectivity index (χ4n) is 2.06. The topological polar surface area (TPSA) is 0 Å². The van der Waals surface area contributed by atoms with Gasteiger partial charge in [-0.15, -0.1) is 11.3 Å². The van der Waals surface area contributed by atoms with Crippen LogP contribution in [0.3, 0.4) is 0 Å². The van der Waals surface area contributed by atoms with Crippen molar-refractivity contribution in [2.24, 2.45) is 0 Å². The van der Waals surface area contributed by atoms with E-state index in [1.165, 1.54) is 21.2 Å². The van der Waals surface area contributed by atoms with Gasteiger partial charge in [-0.25, -0.2) is 0 Å². The van der Waals surface area contributed by atoms with Gasteiger partial charge in [-0.05, 0) is 39.8 Å². The van der Waals surface area contributed by atoms with Crippen molar-refractivity contribution in [3.63, 3.8) is 0 Å². The van der Waals surface area contributed by atoms with Crippen molar-refractivity contribution in [2.75, 3.05) is 0 Å². The molecule has 0 saturated heterocycles. The fourth-order valence-corrected chi connectivity index (χ4v) is 3.16. The van der Waals surface area contributed by atoms with Crippen molar-refractivity contribution < 1.29 is 0 Å². The van der Waals surface area contributed by atoms with E-state index in [-0.39, 0.29) is 0 Å². The van der Waals surface area contributed by atoms with E-state index in [1.807, 2.05) is 11.3 Å².